The van der Waals surface area contributed by atoms with Crippen molar-refractivity contribution in [1.29, 1.82) is 0 Å². The van der Waals surface area contributed by atoms with Crippen LogP contribution in [-0.4, -0.2) is 54.2 Å². The zero-order valence-electron chi connectivity index (χ0n) is 17.7. The van der Waals surface area contributed by atoms with Crippen LogP contribution in [0.5, 0.6) is 0 Å². The summed E-state index contributed by atoms with van der Waals surface area (Å²) in [5.41, 5.74) is 0. The molecule has 0 aromatic carbocycles. The number of piperidine rings is 1. The highest BCUT2D eigenvalue weighted by molar-refractivity contribution is 7.11. The van der Waals surface area contributed by atoms with Crippen molar-refractivity contribution in [2.45, 2.75) is 52.1 Å². The number of nitrogens with one attached hydrogen (secondary N) is 2. The molecule has 0 aliphatic carbocycles. The Morgan fingerprint density at radius 1 is 1.40 bits per heavy atom. The molecule has 8 nitrogen and oxygen atoms in total. The van der Waals surface area contributed by atoms with Gasteiger partial charge in [0.1, 0.15) is 10.8 Å². The summed E-state index contributed by atoms with van der Waals surface area (Å²) in [6, 6.07) is 4.13. The lowest BCUT2D eigenvalue weighted by atomic mass is 10.1. The molecule has 0 bridgehead atoms. The summed E-state index contributed by atoms with van der Waals surface area (Å²) in [5, 5.41) is 7.94. The van der Waals surface area contributed by atoms with Crippen LogP contribution in [0.15, 0.2) is 34.0 Å². The number of aromatic nitrogens is 1. The number of nitrogens with zero attached hydrogens (tertiary/aromatic N) is 3. The smallest absolute Gasteiger partial charge is 0.409 e. The van der Waals surface area contributed by atoms with E-state index in [1.165, 1.54) is 4.88 Å². The Morgan fingerprint density at radius 3 is 2.90 bits per heavy atom. The quantitative estimate of drug-likeness (QED) is 0.491. The van der Waals surface area contributed by atoms with Crippen molar-refractivity contribution in [2.75, 3.05) is 26.2 Å². The van der Waals surface area contributed by atoms with Gasteiger partial charge in [0.05, 0.1) is 19.4 Å². The summed E-state index contributed by atoms with van der Waals surface area (Å²) < 4.78 is 10.5. The average molecular weight is 434 g/mol. The van der Waals surface area contributed by atoms with Gasteiger partial charge in [0.2, 0.25) is 0 Å². The molecule has 3 rings (SSSR count). The normalized spacial score (nSPS) is 15.3. The zero-order valence-corrected chi connectivity index (χ0v) is 18.5. The summed E-state index contributed by atoms with van der Waals surface area (Å²) in [6.45, 7) is 7.00. The first kappa shape index (κ1) is 22.1. The number of carbonyl (C=O) groups excluding carboxylic acids is 1. The minimum Gasteiger partial charge on any atom is -0.469 e. The zero-order chi connectivity index (χ0) is 21.2. The van der Waals surface area contributed by atoms with Crippen molar-refractivity contribution < 1.29 is 13.9 Å². The van der Waals surface area contributed by atoms with Gasteiger partial charge in [-0.25, -0.2) is 14.8 Å². The molecule has 30 heavy (non-hydrogen) atoms. The van der Waals surface area contributed by atoms with Crippen LogP contribution >= 0.6 is 11.3 Å². The summed E-state index contributed by atoms with van der Waals surface area (Å²) in [6.07, 6.45) is 6.88. The van der Waals surface area contributed by atoms with Crippen LogP contribution in [0.25, 0.3) is 0 Å². The van der Waals surface area contributed by atoms with E-state index in [-0.39, 0.29) is 12.1 Å². The van der Waals surface area contributed by atoms with Gasteiger partial charge in [-0.15, -0.1) is 11.3 Å². The van der Waals surface area contributed by atoms with Crippen molar-refractivity contribution >= 4 is 23.4 Å². The van der Waals surface area contributed by atoms with Gasteiger partial charge in [-0.05, 0) is 38.3 Å². The van der Waals surface area contributed by atoms with Crippen LogP contribution in [0.2, 0.25) is 0 Å². The van der Waals surface area contributed by atoms with Crippen molar-refractivity contribution in [2.24, 2.45) is 4.99 Å². The first-order valence-electron chi connectivity index (χ1n) is 10.6. The average Bonchev–Trinajstić information content (AvgIpc) is 3.44. The van der Waals surface area contributed by atoms with Crippen LogP contribution in [0, 0.1) is 0 Å². The van der Waals surface area contributed by atoms with E-state index < -0.39 is 0 Å². The third kappa shape index (κ3) is 6.76. The molecule has 3 heterocycles. The molecule has 0 radical (unpaired) electrons. The van der Waals surface area contributed by atoms with Crippen molar-refractivity contribution in [3.05, 3.63) is 40.2 Å². The molecule has 0 saturated carbocycles. The molecule has 164 valence electrons. The van der Waals surface area contributed by atoms with Crippen molar-refractivity contribution in [1.82, 2.24) is 20.5 Å². The van der Waals surface area contributed by atoms with Gasteiger partial charge >= 0.3 is 6.09 Å². The number of likely N-dealkylation sites (tertiary alicyclic amines) is 1. The van der Waals surface area contributed by atoms with Crippen molar-refractivity contribution in [3.63, 3.8) is 0 Å². The standard InChI is InChI=1S/C21H31N5O3S/c1-3-18-14-23-19(30-18)15-24-20(22-10-7-17-6-5-13-29-17)25-16-8-11-26(12-9-16)21(27)28-4-2/h5-6,13-14,16H,3-4,7-12,15H2,1-2H3,(H2,22,24,25). The summed E-state index contributed by atoms with van der Waals surface area (Å²) in [7, 11) is 0. The molecule has 2 aromatic heterocycles. The van der Waals surface area contributed by atoms with E-state index in [1.807, 2.05) is 25.3 Å². The Kier molecular flexibility index (Phi) is 8.55. The summed E-state index contributed by atoms with van der Waals surface area (Å²) >= 11 is 1.70. The van der Waals surface area contributed by atoms with Crippen LogP contribution in [0.4, 0.5) is 4.79 Å². The fourth-order valence-corrected chi connectivity index (χ4v) is 4.04. The first-order chi connectivity index (χ1) is 14.7. The molecule has 1 saturated heterocycles. The van der Waals surface area contributed by atoms with Gasteiger partial charge in [-0.1, -0.05) is 6.92 Å². The van der Waals surface area contributed by atoms with E-state index in [1.54, 1.807) is 22.5 Å². The lowest BCUT2D eigenvalue weighted by molar-refractivity contribution is 0.0963. The lowest BCUT2D eigenvalue weighted by Crippen LogP contribution is -2.50. The minimum atomic E-state index is -0.225. The number of guanidine groups is 1. The van der Waals surface area contributed by atoms with E-state index in [4.69, 9.17) is 14.1 Å². The SMILES string of the molecule is CCOC(=O)N1CCC(NC(=NCc2ncc(CC)s2)NCCc2ccco2)CC1. The Morgan fingerprint density at radius 2 is 2.23 bits per heavy atom. The molecule has 2 aromatic rings. The number of carbonyl (C=O) groups is 1. The number of aryl methyl sites for hydroxylation is 1. The Hall–Kier alpha value is -2.55. The summed E-state index contributed by atoms with van der Waals surface area (Å²) in [5.74, 6) is 1.71. The maximum absolute atomic E-state index is 11.9. The van der Waals surface area contributed by atoms with Gasteiger partial charge < -0.3 is 24.7 Å². The monoisotopic (exact) mass is 433 g/mol. The highest BCUT2D eigenvalue weighted by Gasteiger charge is 2.24. The van der Waals surface area contributed by atoms with Gasteiger partial charge in [0, 0.05) is 43.2 Å². The second-order valence-electron chi connectivity index (χ2n) is 7.10. The Balaban J connectivity index is 1.54. The second kappa shape index (κ2) is 11.6. The molecule has 0 atom stereocenters. The number of hydrogen-bond donors (Lipinski definition) is 2. The number of amides is 1. The summed E-state index contributed by atoms with van der Waals surface area (Å²) in [4.78, 5) is 24.1. The molecule has 1 aliphatic heterocycles. The number of hydrogen-bond acceptors (Lipinski definition) is 6. The third-order valence-electron chi connectivity index (χ3n) is 4.93. The van der Waals surface area contributed by atoms with E-state index in [9.17, 15) is 4.79 Å². The highest BCUT2D eigenvalue weighted by atomic mass is 32.1. The first-order valence-corrected chi connectivity index (χ1v) is 11.4. The molecule has 2 N–H and O–H groups in total. The van der Waals surface area contributed by atoms with E-state index >= 15 is 0 Å². The van der Waals surface area contributed by atoms with E-state index in [0.717, 1.165) is 49.0 Å². The Bertz CT molecular complexity index is 797. The molecule has 1 aliphatic rings. The largest absolute Gasteiger partial charge is 0.469 e. The highest BCUT2D eigenvalue weighted by Crippen LogP contribution is 2.15. The molecule has 9 heteroatoms. The molecule has 0 spiro atoms. The number of rotatable bonds is 8. The predicted molar refractivity (Wildman–Crippen MR) is 118 cm³/mol. The number of thiazole rings is 1. The maximum Gasteiger partial charge on any atom is 0.409 e. The van der Waals surface area contributed by atoms with Gasteiger partial charge in [-0.3, -0.25) is 0 Å². The lowest BCUT2D eigenvalue weighted by Gasteiger charge is -2.32. The van der Waals surface area contributed by atoms with Gasteiger partial charge in [-0.2, -0.15) is 0 Å². The van der Waals surface area contributed by atoms with Gasteiger partial charge in [0.15, 0.2) is 5.96 Å². The molecule has 1 fully saturated rings. The predicted octanol–water partition coefficient (Wildman–Crippen LogP) is 3.20. The van der Waals surface area contributed by atoms with Crippen LogP contribution < -0.4 is 10.6 Å². The fraction of sp³-hybridized carbons (Fsp3) is 0.571. The third-order valence-corrected chi connectivity index (χ3v) is 6.05. The van der Waals surface area contributed by atoms with Crippen molar-refractivity contribution in [3.8, 4) is 0 Å². The number of aliphatic imine (C=N–C) groups is 1. The van der Waals surface area contributed by atoms with Crippen LogP contribution in [-0.2, 0) is 24.1 Å². The fourth-order valence-electron chi connectivity index (χ4n) is 3.26. The molecular weight excluding hydrogens is 402 g/mol. The van der Waals surface area contributed by atoms with Crippen LogP contribution in [0.1, 0.15) is 42.3 Å². The van der Waals surface area contributed by atoms with E-state index in [2.05, 4.69) is 22.5 Å². The molecular formula is C21H31N5O3S. The Labute approximate surface area is 181 Å². The number of furan rings is 1. The maximum atomic E-state index is 11.9. The second-order valence-corrected chi connectivity index (χ2v) is 8.30. The van der Waals surface area contributed by atoms with E-state index in [0.29, 0.717) is 26.2 Å². The minimum absolute atomic E-state index is 0.225. The topological polar surface area (TPSA) is 92.0 Å². The van der Waals surface area contributed by atoms with Crippen LogP contribution in [0.3, 0.4) is 0 Å². The molecule has 1 amide bonds. The molecule has 0 unspecified atom stereocenters. The number of ether oxygens (including phenoxy) is 1. The van der Waals surface area contributed by atoms with Gasteiger partial charge in [0.25, 0.3) is 0 Å².